The minimum Gasteiger partial charge on any atom is -0.396 e. The van der Waals surface area contributed by atoms with E-state index in [1.54, 1.807) is 6.07 Å². The van der Waals surface area contributed by atoms with Crippen LogP contribution in [-0.2, 0) is 6.42 Å². The Balaban J connectivity index is 2.16. The van der Waals surface area contributed by atoms with Crippen molar-refractivity contribution in [2.75, 3.05) is 24.6 Å². The van der Waals surface area contributed by atoms with Crippen LogP contribution in [0.25, 0.3) is 0 Å². The number of hydrogen-bond acceptors (Lipinski definition) is 2. The number of fused-ring (bicyclic) bond motifs is 1. The Bertz CT molecular complexity index is 421. The molecule has 0 amide bonds. The van der Waals surface area contributed by atoms with E-state index < -0.39 is 0 Å². The first-order valence-corrected chi connectivity index (χ1v) is 6.72. The van der Waals surface area contributed by atoms with E-state index in [0.717, 1.165) is 38.0 Å². The Hall–Kier alpha value is -1.09. The lowest BCUT2D eigenvalue weighted by atomic mass is 9.86. The van der Waals surface area contributed by atoms with Crippen LogP contribution in [0.4, 0.5) is 10.1 Å². The molecule has 3 heteroatoms. The second-order valence-corrected chi connectivity index (χ2v) is 5.66. The summed E-state index contributed by atoms with van der Waals surface area (Å²) in [6.07, 6.45) is 3.02. The molecule has 2 rings (SSSR count). The van der Waals surface area contributed by atoms with Crippen molar-refractivity contribution in [2.45, 2.75) is 33.1 Å². The maximum atomic E-state index is 13.3. The number of aliphatic hydroxyl groups excluding tert-OH is 1. The van der Waals surface area contributed by atoms with Gasteiger partial charge in [0.1, 0.15) is 5.82 Å². The second-order valence-electron chi connectivity index (χ2n) is 5.66. The Morgan fingerprint density at radius 1 is 1.44 bits per heavy atom. The number of anilines is 1. The molecule has 0 saturated carbocycles. The Kier molecular flexibility index (Phi) is 3.91. The molecular weight excluding hydrogens is 229 g/mol. The van der Waals surface area contributed by atoms with Crippen LogP contribution >= 0.6 is 0 Å². The summed E-state index contributed by atoms with van der Waals surface area (Å²) < 4.78 is 13.3. The van der Waals surface area contributed by atoms with E-state index in [0.29, 0.717) is 0 Å². The van der Waals surface area contributed by atoms with E-state index in [1.165, 1.54) is 11.6 Å². The predicted octanol–water partition coefficient (Wildman–Crippen LogP) is 2.99. The molecule has 1 aromatic carbocycles. The first-order valence-electron chi connectivity index (χ1n) is 6.72. The van der Waals surface area contributed by atoms with E-state index in [4.69, 9.17) is 0 Å². The lowest BCUT2D eigenvalue weighted by molar-refractivity contribution is 0.137. The number of benzene rings is 1. The molecule has 1 aliphatic heterocycles. The van der Waals surface area contributed by atoms with Crippen LogP contribution in [0.3, 0.4) is 0 Å². The van der Waals surface area contributed by atoms with Gasteiger partial charge in [-0.25, -0.2) is 4.39 Å². The van der Waals surface area contributed by atoms with E-state index in [-0.39, 0.29) is 17.8 Å². The molecule has 0 fully saturated rings. The predicted molar refractivity (Wildman–Crippen MR) is 72.4 cm³/mol. The van der Waals surface area contributed by atoms with Crippen molar-refractivity contribution in [3.63, 3.8) is 0 Å². The number of hydrogen-bond donors (Lipinski definition) is 1. The first kappa shape index (κ1) is 13.3. The van der Waals surface area contributed by atoms with Crippen LogP contribution in [0.5, 0.6) is 0 Å². The van der Waals surface area contributed by atoms with Gasteiger partial charge >= 0.3 is 0 Å². The molecule has 0 saturated heterocycles. The lowest BCUT2D eigenvalue weighted by Crippen LogP contribution is -2.37. The molecule has 1 aliphatic rings. The van der Waals surface area contributed by atoms with Gasteiger partial charge < -0.3 is 10.0 Å². The van der Waals surface area contributed by atoms with Gasteiger partial charge in [-0.15, -0.1) is 0 Å². The standard InChI is InChI=1S/C15H22FNO/c1-3-7-15(2,11-18)10-17-8-6-12-4-5-13(16)9-14(12)17/h4-5,9,18H,3,6-8,10-11H2,1-2H3. The molecule has 0 bridgehead atoms. The van der Waals surface area contributed by atoms with Crippen LogP contribution < -0.4 is 4.90 Å². The van der Waals surface area contributed by atoms with Crippen molar-refractivity contribution in [2.24, 2.45) is 5.41 Å². The molecular formula is C15H22FNO. The van der Waals surface area contributed by atoms with Crippen molar-refractivity contribution in [3.8, 4) is 0 Å². The number of rotatable bonds is 5. The highest BCUT2D eigenvalue weighted by Crippen LogP contribution is 2.33. The largest absolute Gasteiger partial charge is 0.396 e. The summed E-state index contributed by atoms with van der Waals surface area (Å²) in [4.78, 5) is 2.21. The van der Waals surface area contributed by atoms with Gasteiger partial charge in [0.15, 0.2) is 0 Å². The summed E-state index contributed by atoms with van der Waals surface area (Å²) in [6, 6.07) is 5.02. The van der Waals surface area contributed by atoms with Crippen molar-refractivity contribution < 1.29 is 9.50 Å². The van der Waals surface area contributed by atoms with Crippen molar-refractivity contribution in [1.29, 1.82) is 0 Å². The quantitative estimate of drug-likeness (QED) is 0.869. The van der Waals surface area contributed by atoms with Gasteiger partial charge in [-0.1, -0.05) is 26.3 Å². The van der Waals surface area contributed by atoms with Crippen LogP contribution in [0.1, 0.15) is 32.3 Å². The highest BCUT2D eigenvalue weighted by Gasteiger charge is 2.29. The van der Waals surface area contributed by atoms with Crippen LogP contribution in [0.2, 0.25) is 0 Å². The Morgan fingerprint density at radius 3 is 2.89 bits per heavy atom. The van der Waals surface area contributed by atoms with Gasteiger partial charge in [0.05, 0.1) is 6.61 Å². The molecule has 1 atom stereocenters. The molecule has 18 heavy (non-hydrogen) atoms. The molecule has 1 heterocycles. The normalized spacial score (nSPS) is 17.7. The smallest absolute Gasteiger partial charge is 0.125 e. The van der Waals surface area contributed by atoms with Crippen molar-refractivity contribution >= 4 is 5.69 Å². The monoisotopic (exact) mass is 251 g/mol. The summed E-state index contributed by atoms with van der Waals surface area (Å²) >= 11 is 0. The summed E-state index contributed by atoms with van der Waals surface area (Å²) in [7, 11) is 0. The number of aliphatic hydroxyl groups is 1. The van der Waals surface area contributed by atoms with E-state index in [9.17, 15) is 9.50 Å². The summed E-state index contributed by atoms with van der Waals surface area (Å²) in [5.74, 6) is -0.179. The fourth-order valence-electron chi connectivity index (χ4n) is 2.86. The van der Waals surface area contributed by atoms with Gasteiger partial charge in [0.25, 0.3) is 0 Å². The average Bonchev–Trinajstić information content (AvgIpc) is 2.72. The third-order valence-corrected chi connectivity index (χ3v) is 3.85. The van der Waals surface area contributed by atoms with E-state index in [1.807, 2.05) is 6.07 Å². The highest BCUT2D eigenvalue weighted by atomic mass is 19.1. The lowest BCUT2D eigenvalue weighted by Gasteiger charge is -2.33. The molecule has 0 aliphatic carbocycles. The Morgan fingerprint density at radius 2 is 2.22 bits per heavy atom. The minimum absolute atomic E-state index is 0.0946. The first-order chi connectivity index (χ1) is 8.58. The molecule has 0 aromatic heterocycles. The fraction of sp³-hybridized carbons (Fsp3) is 0.600. The van der Waals surface area contributed by atoms with Crippen LogP contribution in [0.15, 0.2) is 18.2 Å². The van der Waals surface area contributed by atoms with Crippen molar-refractivity contribution in [3.05, 3.63) is 29.6 Å². The zero-order valence-electron chi connectivity index (χ0n) is 11.2. The van der Waals surface area contributed by atoms with Crippen LogP contribution in [0, 0.1) is 11.2 Å². The molecule has 1 unspecified atom stereocenters. The van der Waals surface area contributed by atoms with Gasteiger partial charge in [-0.05, 0) is 30.5 Å². The third-order valence-electron chi connectivity index (χ3n) is 3.85. The summed E-state index contributed by atoms with van der Waals surface area (Å²) in [5, 5.41) is 9.58. The zero-order chi connectivity index (χ0) is 13.2. The molecule has 1 aromatic rings. The maximum Gasteiger partial charge on any atom is 0.125 e. The van der Waals surface area contributed by atoms with Crippen molar-refractivity contribution in [1.82, 2.24) is 0 Å². The maximum absolute atomic E-state index is 13.3. The molecule has 0 radical (unpaired) electrons. The van der Waals surface area contributed by atoms with E-state index >= 15 is 0 Å². The third kappa shape index (κ3) is 2.66. The number of nitrogens with zero attached hydrogens (tertiary/aromatic N) is 1. The highest BCUT2D eigenvalue weighted by molar-refractivity contribution is 5.58. The number of halogens is 1. The summed E-state index contributed by atoms with van der Waals surface area (Å²) in [6.45, 7) is 6.15. The second kappa shape index (κ2) is 5.27. The summed E-state index contributed by atoms with van der Waals surface area (Å²) in [5.41, 5.74) is 2.13. The molecule has 100 valence electrons. The van der Waals surface area contributed by atoms with Gasteiger partial charge in [0, 0.05) is 24.2 Å². The van der Waals surface area contributed by atoms with E-state index in [2.05, 4.69) is 18.7 Å². The molecule has 0 spiro atoms. The van der Waals surface area contributed by atoms with Gasteiger partial charge in [0.2, 0.25) is 0 Å². The SMILES string of the molecule is CCCC(C)(CO)CN1CCc2ccc(F)cc21. The fourth-order valence-corrected chi connectivity index (χ4v) is 2.86. The molecule has 2 nitrogen and oxygen atoms in total. The molecule has 1 N–H and O–H groups in total. The topological polar surface area (TPSA) is 23.5 Å². The van der Waals surface area contributed by atoms with Crippen LogP contribution in [-0.4, -0.2) is 24.8 Å². The van der Waals surface area contributed by atoms with Gasteiger partial charge in [-0.2, -0.15) is 0 Å². The minimum atomic E-state index is -0.179. The zero-order valence-corrected chi connectivity index (χ0v) is 11.2. The Labute approximate surface area is 108 Å². The van der Waals surface area contributed by atoms with Gasteiger partial charge in [-0.3, -0.25) is 0 Å². The average molecular weight is 251 g/mol.